The van der Waals surface area contributed by atoms with Gasteiger partial charge >= 0.3 is 28.0 Å². The van der Waals surface area contributed by atoms with Crippen molar-refractivity contribution in [3.8, 4) is 17.2 Å². The van der Waals surface area contributed by atoms with Gasteiger partial charge in [-0.2, -0.15) is 16.8 Å². The predicted molar refractivity (Wildman–Crippen MR) is 197 cm³/mol. The summed E-state index contributed by atoms with van der Waals surface area (Å²) in [5, 5.41) is 52.0. The average molecular weight is 777 g/mol. The van der Waals surface area contributed by atoms with E-state index in [1.54, 1.807) is 60.7 Å². The van der Waals surface area contributed by atoms with Gasteiger partial charge in [0.25, 0.3) is 10.1 Å². The normalized spacial score (nSPS) is 11.1. The summed E-state index contributed by atoms with van der Waals surface area (Å²) in [7, 11) is -7.87. The van der Waals surface area contributed by atoms with Crippen molar-refractivity contribution >= 4 is 59.7 Å². The van der Waals surface area contributed by atoms with Gasteiger partial charge < -0.3 is 29.7 Å². The van der Waals surface area contributed by atoms with Gasteiger partial charge in [-0.15, -0.1) is 0 Å². The van der Waals surface area contributed by atoms with Crippen LogP contribution in [0.1, 0.15) is 47.8 Å². The molecule has 0 radical (unpaired) electrons. The standard InChI is InChI=1S/C23H16O6.C8H8O5S.C7H8O3S/c24-20-16(14-7-3-1-5-12(14)9-18(20)22(26)27)11-17-15-8-4-2-6-13(15)10-19(21(17)25)23(28)29;1-14(11,12)13-8(10)6-4-2-3-5-7(6)9;1-6-2-4-7(5-3-6)11(8,9)10/h1-10,24-25H,11H2,(H,26,27)(H,28,29);2-5,9H,1H3;2-5H,1H3,(H,8,9,10). The highest BCUT2D eigenvalue weighted by molar-refractivity contribution is 7.86. The molecule has 0 aliphatic heterocycles. The number of hydrogen-bond donors (Lipinski definition) is 6. The van der Waals surface area contributed by atoms with Gasteiger partial charge in [0.2, 0.25) is 0 Å². The van der Waals surface area contributed by atoms with E-state index in [1.165, 1.54) is 48.5 Å². The van der Waals surface area contributed by atoms with E-state index in [9.17, 15) is 56.8 Å². The van der Waals surface area contributed by atoms with E-state index in [0.29, 0.717) is 32.7 Å². The lowest BCUT2D eigenvalue weighted by Crippen LogP contribution is -2.11. The quantitative estimate of drug-likeness (QED) is 0.0787. The Kier molecular flexibility index (Phi) is 12.3. The molecule has 54 heavy (non-hydrogen) atoms. The van der Waals surface area contributed by atoms with E-state index in [4.69, 9.17) is 4.55 Å². The van der Waals surface area contributed by atoms with E-state index < -0.39 is 49.6 Å². The lowest BCUT2D eigenvalue weighted by molar-refractivity contribution is 0.0682. The zero-order valence-corrected chi connectivity index (χ0v) is 30.0. The first kappa shape index (κ1) is 40.3. The molecule has 6 rings (SSSR count). The molecule has 0 aliphatic rings. The number of fused-ring (bicyclic) bond motifs is 2. The topological polar surface area (TPSA) is 250 Å². The number of hydrogen-bond acceptors (Lipinski definition) is 11. The first-order chi connectivity index (χ1) is 25.3. The van der Waals surface area contributed by atoms with E-state index in [1.807, 2.05) is 6.92 Å². The van der Waals surface area contributed by atoms with Crippen LogP contribution in [0.25, 0.3) is 21.5 Å². The van der Waals surface area contributed by atoms with Crippen molar-refractivity contribution in [2.45, 2.75) is 18.2 Å². The Balaban J connectivity index is 0.000000215. The van der Waals surface area contributed by atoms with E-state index in [-0.39, 0.29) is 33.8 Å². The summed E-state index contributed by atoms with van der Waals surface area (Å²) < 4.78 is 54.8. The van der Waals surface area contributed by atoms with Gasteiger partial charge in [-0.3, -0.25) is 4.55 Å². The second-order valence-electron chi connectivity index (χ2n) is 11.6. The highest BCUT2D eigenvalue weighted by atomic mass is 32.2. The van der Waals surface area contributed by atoms with Crippen LogP contribution in [0.2, 0.25) is 0 Å². The second kappa shape index (κ2) is 16.5. The van der Waals surface area contributed by atoms with Gasteiger partial charge in [0.15, 0.2) is 0 Å². The van der Waals surface area contributed by atoms with Gasteiger partial charge in [-0.25, -0.2) is 14.4 Å². The summed E-state index contributed by atoms with van der Waals surface area (Å²) in [6, 6.07) is 28.3. The molecule has 0 atom stereocenters. The number of phenols is 3. The number of para-hydroxylation sites is 1. The van der Waals surface area contributed by atoms with Crippen molar-refractivity contribution < 1.29 is 65.5 Å². The number of carboxylic acids is 2. The molecule has 0 aromatic heterocycles. The molecule has 6 N–H and O–H groups in total. The third-order valence-corrected chi connectivity index (χ3v) is 9.06. The van der Waals surface area contributed by atoms with E-state index >= 15 is 0 Å². The van der Waals surface area contributed by atoms with Crippen LogP contribution < -0.4 is 0 Å². The number of phenolic OH excluding ortho intramolecular Hbond substituents is 1. The molecule has 0 unspecified atom stereocenters. The summed E-state index contributed by atoms with van der Waals surface area (Å²) in [5.74, 6) is -4.77. The Morgan fingerprint density at radius 1 is 0.611 bits per heavy atom. The summed E-state index contributed by atoms with van der Waals surface area (Å²) in [6.07, 6.45) is 0.714. The fourth-order valence-corrected chi connectivity index (χ4v) is 6.07. The highest BCUT2D eigenvalue weighted by Crippen LogP contribution is 2.38. The maximum atomic E-state index is 11.6. The lowest BCUT2D eigenvalue weighted by Gasteiger charge is -2.16. The molecule has 16 heteroatoms. The predicted octanol–water partition coefficient (Wildman–Crippen LogP) is 6.14. The van der Waals surface area contributed by atoms with Crippen LogP contribution in [0.5, 0.6) is 17.2 Å². The molecule has 280 valence electrons. The van der Waals surface area contributed by atoms with Crippen LogP contribution in [0.3, 0.4) is 0 Å². The number of carbonyl (C=O) groups excluding carboxylic acids is 1. The minimum absolute atomic E-state index is 0.0407. The van der Waals surface area contributed by atoms with Crippen molar-refractivity contribution in [3.05, 3.63) is 143 Å². The summed E-state index contributed by atoms with van der Waals surface area (Å²) in [4.78, 5) is 34.3. The lowest BCUT2D eigenvalue weighted by atomic mass is 9.90. The average Bonchev–Trinajstić information content (AvgIpc) is 3.09. The summed E-state index contributed by atoms with van der Waals surface area (Å²) in [5.41, 5.74) is 0.885. The maximum Gasteiger partial charge on any atom is 0.357 e. The molecule has 0 saturated heterocycles. The van der Waals surface area contributed by atoms with Crippen molar-refractivity contribution in [2.24, 2.45) is 0 Å². The SMILES string of the molecule is CS(=O)(=O)OC(=O)c1ccccc1O.Cc1ccc(S(=O)(=O)O)cc1.O=C(O)c1cc2ccccc2c(Cc2c(O)c(C(=O)O)cc3ccccc23)c1O. The molecule has 0 spiro atoms. The highest BCUT2D eigenvalue weighted by Gasteiger charge is 2.23. The smallest absolute Gasteiger partial charge is 0.357 e. The Morgan fingerprint density at radius 3 is 1.44 bits per heavy atom. The van der Waals surface area contributed by atoms with Crippen molar-refractivity contribution in [1.29, 1.82) is 0 Å². The molecule has 0 bridgehead atoms. The molecule has 6 aromatic rings. The number of rotatable bonds is 7. The number of aromatic carboxylic acids is 2. The van der Waals surface area contributed by atoms with Crippen LogP contribution in [0.15, 0.2) is 114 Å². The zero-order chi connectivity index (χ0) is 40.0. The van der Waals surface area contributed by atoms with Gasteiger partial charge in [0.1, 0.15) is 33.9 Å². The van der Waals surface area contributed by atoms with Gasteiger partial charge in [-0.1, -0.05) is 78.4 Å². The Morgan fingerprint density at radius 2 is 1.04 bits per heavy atom. The fraction of sp³-hybridized carbons (Fsp3) is 0.0789. The molecule has 6 aromatic carbocycles. The summed E-state index contributed by atoms with van der Waals surface area (Å²) in [6.45, 7) is 1.84. The van der Waals surface area contributed by atoms with Crippen LogP contribution in [0.4, 0.5) is 0 Å². The number of aryl methyl sites for hydroxylation is 1. The van der Waals surface area contributed by atoms with E-state index in [0.717, 1.165) is 11.8 Å². The minimum atomic E-state index is -4.02. The minimum Gasteiger partial charge on any atom is -0.507 e. The number of benzene rings is 6. The second-order valence-corrected chi connectivity index (χ2v) is 14.6. The Hall–Kier alpha value is -6.49. The van der Waals surface area contributed by atoms with Gasteiger partial charge in [-0.05, 0) is 64.9 Å². The number of carbonyl (C=O) groups is 3. The fourth-order valence-electron chi connectivity index (χ4n) is 5.22. The van der Waals surface area contributed by atoms with Crippen LogP contribution in [-0.4, -0.2) is 71.1 Å². The van der Waals surface area contributed by atoms with Crippen molar-refractivity contribution in [2.75, 3.05) is 6.26 Å². The third kappa shape index (κ3) is 9.88. The number of carboxylic acid groups (broad SMARTS) is 2. The zero-order valence-electron chi connectivity index (χ0n) is 28.4. The number of aromatic hydroxyl groups is 3. The van der Waals surface area contributed by atoms with Crippen LogP contribution in [-0.2, 0) is 30.8 Å². The monoisotopic (exact) mass is 776 g/mol. The molecule has 0 heterocycles. The van der Waals surface area contributed by atoms with Gasteiger partial charge in [0, 0.05) is 17.5 Å². The molecule has 0 saturated carbocycles. The first-order valence-corrected chi connectivity index (χ1v) is 18.7. The van der Waals surface area contributed by atoms with Gasteiger partial charge in [0.05, 0.1) is 11.2 Å². The largest absolute Gasteiger partial charge is 0.507 e. The van der Waals surface area contributed by atoms with Crippen LogP contribution >= 0.6 is 0 Å². The molecule has 0 amide bonds. The van der Waals surface area contributed by atoms with Crippen LogP contribution in [0, 0.1) is 6.92 Å². The maximum absolute atomic E-state index is 11.6. The van der Waals surface area contributed by atoms with E-state index in [2.05, 4.69) is 4.18 Å². The Bertz CT molecular complexity index is 2520. The molecular formula is C38H32O14S2. The molecule has 14 nitrogen and oxygen atoms in total. The molecule has 0 aliphatic carbocycles. The van der Waals surface area contributed by atoms with Crippen molar-refractivity contribution in [1.82, 2.24) is 0 Å². The van der Waals surface area contributed by atoms with Crippen molar-refractivity contribution in [3.63, 3.8) is 0 Å². The molecule has 0 fully saturated rings. The first-order valence-electron chi connectivity index (χ1n) is 15.5. The molecular weight excluding hydrogens is 745 g/mol. The summed E-state index contributed by atoms with van der Waals surface area (Å²) >= 11 is 0. The third-order valence-electron chi connectivity index (χ3n) is 7.74. The Labute approximate surface area is 308 Å².